The van der Waals surface area contributed by atoms with Crippen LogP contribution in [0.2, 0.25) is 0 Å². The Morgan fingerprint density at radius 3 is 2.36 bits per heavy atom. The van der Waals surface area contributed by atoms with Crippen LogP contribution in [0.25, 0.3) is 0 Å². The normalized spacial score (nSPS) is 11.9. The highest BCUT2D eigenvalue weighted by molar-refractivity contribution is 5.81. The standard InChI is InChI=1S/C24H33NO3/c1-5-19-12-14-21(15-13-19)28-23(6-2)24(26)25-16-8-10-20-9-7-11-22(17-20)27-18(3)4/h7,9,11-15,17-18,23H,5-6,8,10,16H2,1-4H3,(H,25,26)/t23-/m1/s1. The highest BCUT2D eigenvalue weighted by Gasteiger charge is 2.17. The molecule has 1 amide bonds. The lowest BCUT2D eigenvalue weighted by atomic mass is 10.1. The van der Waals surface area contributed by atoms with Gasteiger partial charge in [0.2, 0.25) is 0 Å². The molecule has 0 spiro atoms. The Morgan fingerprint density at radius 2 is 1.71 bits per heavy atom. The van der Waals surface area contributed by atoms with E-state index in [1.54, 1.807) is 0 Å². The van der Waals surface area contributed by atoms with E-state index in [9.17, 15) is 4.79 Å². The maximum absolute atomic E-state index is 12.4. The summed E-state index contributed by atoms with van der Waals surface area (Å²) in [6.45, 7) is 8.75. The fraction of sp³-hybridized carbons (Fsp3) is 0.458. The number of nitrogens with one attached hydrogen (secondary N) is 1. The summed E-state index contributed by atoms with van der Waals surface area (Å²) in [6, 6.07) is 16.1. The van der Waals surface area contributed by atoms with E-state index >= 15 is 0 Å². The molecule has 0 aliphatic heterocycles. The van der Waals surface area contributed by atoms with Gasteiger partial charge in [0.05, 0.1) is 6.10 Å². The second kappa shape index (κ2) is 11.4. The maximum Gasteiger partial charge on any atom is 0.261 e. The fourth-order valence-corrected chi connectivity index (χ4v) is 2.95. The largest absolute Gasteiger partial charge is 0.491 e. The van der Waals surface area contributed by atoms with Crippen LogP contribution in [0.4, 0.5) is 0 Å². The molecule has 0 bridgehead atoms. The highest BCUT2D eigenvalue weighted by atomic mass is 16.5. The molecule has 0 heterocycles. The quantitative estimate of drug-likeness (QED) is 0.559. The molecule has 0 saturated carbocycles. The Kier molecular flexibility index (Phi) is 8.86. The molecule has 1 atom stereocenters. The van der Waals surface area contributed by atoms with E-state index in [0.717, 1.165) is 30.8 Å². The smallest absolute Gasteiger partial charge is 0.261 e. The van der Waals surface area contributed by atoms with Crippen molar-refractivity contribution in [2.45, 2.75) is 65.6 Å². The molecule has 0 aliphatic carbocycles. The molecule has 0 aliphatic rings. The fourth-order valence-electron chi connectivity index (χ4n) is 2.95. The van der Waals surface area contributed by atoms with Crippen molar-refractivity contribution in [1.82, 2.24) is 5.32 Å². The lowest BCUT2D eigenvalue weighted by Crippen LogP contribution is -2.38. The van der Waals surface area contributed by atoms with Crippen LogP contribution in [0.3, 0.4) is 0 Å². The van der Waals surface area contributed by atoms with Gasteiger partial charge in [-0.2, -0.15) is 0 Å². The summed E-state index contributed by atoms with van der Waals surface area (Å²) in [7, 11) is 0. The third-order valence-corrected chi connectivity index (χ3v) is 4.48. The monoisotopic (exact) mass is 383 g/mol. The maximum atomic E-state index is 12.4. The summed E-state index contributed by atoms with van der Waals surface area (Å²) in [4.78, 5) is 12.4. The first kappa shape index (κ1) is 21.8. The molecule has 1 N–H and O–H groups in total. The predicted octanol–water partition coefficient (Wildman–Crippen LogP) is 4.94. The Bertz CT molecular complexity index is 725. The zero-order valence-corrected chi connectivity index (χ0v) is 17.5. The van der Waals surface area contributed by atoms with Gasteiger partial charge >= 0.3 is 0 Å². The molecule has 0 fully saturated rings. The van der Waals surface area contributed by atoms with Crippen molar-refractivity contribution < 1.29 is 14.3 Å². The first-order chi connectivity index (χ1) is 13.5. The van der Waals surface area contributed by atoms with E-state index in [-0.39, 0.29) is 12.0 Å². The lowest BCUT2D eigenvalue weighted by molar-refractivity contribution is -0.128. The van der Waals surface area contributed by atoms with Gasteiger partial charge in [-0.15, -0.1) is 0 Å². The number of hydrogen-bond acceptors (Lipinski definition) is 3. The van der Waals surface area contributed by atoms with Crippen molar-refractivity contribution in [1.29, 1.82) is 0 Å². The summed E-state index contributed by atoms with van der Waals surface area (Å²) in [5.41, 5.74) is 2.47. The third-order valence-electron chi connectivity index (χ3n) is 4.48. The van der Waals surface area contributed by atoms with E-state index in [4.69, 9.17) is 9.47 Å². The molecule has 0 radical (unpaired) electrons. The van der Waals surface area contributed by atoms with Gasteiger partial charge in [-0.25, -0.2) is 0 Å². The van der Waals surface area contributed by atoms with Crippen LogP contribution < -0.4 is 14.8 Å². The van der Waals surface area contributed by atoms with Crippen LogP contribution in [0.15, 0.2) is 48.5 Å². The molecule has 2 aromatic rings. The summed E-state index contributed by atoms with van der Waals surface area (Å²) in [6.07, 6.45) is 3.10. The average molecular weight is 384 g/mol. The molecule has 0 unspecified atom stereocenters. The van der Waals surface area contributed by atoms with Gasteiger partial charge in [-0.05, 0) is 74.9 Å². The number of carbonyl (C=O) groups excluding carboxylic acids is 1. The van der Waals surface area contributed by atoms with Gasteiger partial charge in [-0.1, -0.05) is 38.1 Å². The minimum absolute atomic E-state index is 0.0565. The summed E-state index contributed by atoms with van der Waals surface area (Å²) in [5.74, 6) is 1.57. The number of benzene rings is 2. The number of amides is 1. The molecule has 0 saturated heterocycles. The SMILES string of the molecule is CCc1ccc(O[C@H](CC)C(=O)NCCCc2cccc(OC(C)C)c2)cc1. The zero-order chi connectivity index (χ0) is 20.4. The average Bonchev–Trinajstić information content (AvgIpc) is 2.69. The van der Waals surface area contributed by atoms with Gasteiger partial charge in [0.15, 0.2) is 6.10 Å². The van der Waals surface area contributed by atoms with Gasteiger partial charge in [0, 0.05) is 6.54 Å². The van der Waals surface area contributed by atoms with Crippen LogP contribution >= 0.6 is 0 Å². The number of ether oxygens (including phenoxy) is 2. The minimum Gasteiger partial charge on any atom is -0.491 e. The van der Waals surface area contributed by atoms with Crippen molar-refractivity contribution in [2.24, 2.45) is 0 Å². The predicted molar refractivity (Wildman–Crippen MR) is 114 cm³/mol. The second-order valence-electron chi connectivity index (χ2n) is 7.22. The van der Waals surface area contributed by atoms with E-state index in [1.807, 2.05) is 57.2 Å². The summed E-state index contributed by atoms with van der Waals surface area (Å²) < 4.78 is 11.6. The highest BCUT2D eigenvalue weighted by Crippen LogP contribution is 2.17. The van der Waals surface area contributed by atoms with Crippen LogP contribution in [0, 0.1) is 0 Å². The molecule has 0 aromatic heterocycles. The molecule has 4 heteroatoms. The van der Waals surface area contributed by atoms with Crippen molar-refractivity contribution >= 4 is 5.91 Å². The van der Waals surface area contributed by atoms with E-state index in [0.29, 0.717) is 13.0 Å². The molecule has 28 heavy (non-hydrogen) atoms. The molecule has 2 rings (SSSR count). The second-order valence-corrected chi connectivity index (χ2v) is 7.22. The number of rotatable bonds is 11. The Morgan fingerprint density at radius 1 is 0.964 bits per heavy atom. The number of aryl methyl sites for hydroxylation is 2. The molecule has 4 nitrogen and oxygen atoms in total. The van der Waals surface area contributed by atoms with Gasteiger partial charge < -0.3 is 14.8 Å². The number of hydrogen-bond donors (Lipinski definition) is 1. The van der Waals surface area contributed by atoms with Crippen molar-refractivity contribution in [3.8, 4) is 11.5 Å². The lowest BCUT2D eigenvalue weighted by Gasteiger charge is -2.17. The first-order valence-electron chi connectivity index (χ1n) is 10.3. The first-order valence-corrected chi connectivity index (χ1v) is 10.3. The van der Waals surface area contributed by atoms with Gasteiger partial charge in [-0.3, -0.25) is 4.79 Å². The summed E-state index contributed by atoms with van der Waals surface area (Å²) in [5, 5.41) is 3.00. The zero-order valence-electron chi connectivity index (χ0n) is 17.5. The molecule has 2 aromatic carbocycles. The van der Waals surface area contributed by atoms with Crippen LogP contribution in [0.1, 0.15) is 51.7 Å². The van der Waals surface area contributed by atoms with Crippen LogP contribution in [-0.2, 0) is 17.6 Å². The molecular formula is C24H33NO3. The van der Waals surface area contributed by atoms with Crippen LogP contribution in [-0.4, -0.2) is 24.7 Å². The molecule has 152 valence electrons. The van der Waals surface area contributed by atoms with Gasteiger partial charge in [0.1, 0.15) is 11.5 Å². The minimum atomic E-state index is -0.463. The third kappa shape index (κ3) is 7.26. The van der Waals surface area contributed by atoms with Crippen molar-refractivity contribution in [3.05, 3.63) is 59.7 Å². The van der Waals surface area contributed by atoms with Gasteiger partial charge in [0.25, 0.3) is 5.91 Å². The Balaban J connectivity index is 1.77. The summed E-state index contributed by atoms with van der Waals surface area (Å²) >= 11 is 0. The van der Waals surface area contributed by atoms with Crippen molar-refractivity contribution in [2.75, 3.05) is 6.54 Å². The van der Waals surface area contributed by atoms with E-state index in [1.165, 1.54) is 11.1 Å². The molecular weight excluding hydrogens is 350 g/mol. The van der Waals surface area contributed by atoms with E-state index in [2.05, 4.69) is 24.4 Å². The topological polar surface area (TPSA) is 47.6 Å². The number of carbonyl (C=O) groups is 1. The Labute approximate surface area is 169 Å². The van der Waals surface area contributed by atoms with Crippen molar-refractivity contribution in [3.63, 3.8) is 0 Å². The van der Waals surface area contributed by atoms with Crippen LogP contribution in [0.5, 0.6) is 11.5 Å². The van der Waals surface area contributed by atoms with E-state index < -0.39 is 6.10 Å². The Hall–Kier alpha value is -2.49.